The summed E-state index contributed by atoms with van der Waals surface area (Å²) in [5, 5.41) is 9.16. The Bertz CT molecular complexity index is 563. The second kappa shape index (κ2) is 6.39. The summed E-state index contributed by atoms with van der Waals surface area (Å²) in [6.45, 7) is 2.84. The minimum Gasteiger partial charge on any atom is -0.478 e. The molecule has 0 bridgehead atoms. The van der Waals surface area contributed by atoms with E-state index in [4.69, 9.17) is 9.52 Å². The number of hydrogen-bond acceptors (Lipinski definition) is 3. The molecule has 1 atom stereocenters. The van der Waals surface area contributed by atoms with E-state index in [0.29, 0.717) is 12.0 Å². The highest BCUT2D eigenvalue weighted by molar-refractivity contribution is 5.89. The zero-order valence-electron chi connectivity index (χ0n) is 11.7. The first kappa shape index (κ1) is 14.3. The molecule has 0 fully saturated rings. The SMILES string of the molecule is CC(c1ccco1)N(C)CCc1ccccc1C(=O)O. The van der Waals surface area contributed by atoms with Crippen LogP contribution in [0.2, 0.25) is 0 Å². The maximum atomic E-state index is 11.2. The fraction of sp³-hybridized carbons (Fsp3) is 0.312. The molecule has 20 heavy (non-hydrogen) atoms. The normalized spacial score (nSPS) is 12.6. The highest BCUT2D eigenvalue weighted by Crippen LogP contribution is 2.19. The molecule has 1 heterocycles. The summed E-state index contributed by atoms with van der Waals surface area (Å²) in [5.74, 6) is 0.0429. The summed E-state index contributed by atoms with van der Waals surface area (Å²) in [6.07, 6.45) is 2.36. The molecule has 1 N–H and O–H groups in total. The minimum absolute atomic E-state index is 0.169. The molecule has 2 rings (SSSR count). The lowest BCUT2D eigenvalue weighted by Crippen LogP contribution is -2.25. The third-order valence-electron chi connectivity index (χ3n) is 3.60. The molecule has 4 nitrogen and oxygen atoms in total. The molecule has 106 valence electrons. The quantitative estimate of drug-likeness (QED) is 0.878. The molecule has 0 radical (unpaired) electrons. The molecular formula is C16H19NO3. The molecule has 1 unspecified atom stereocenters. The van der Waals surface area contributed by atoms with Crippen LogP contribution in [-0.4, -0.2) is 29.6 Å². The van der Waals surface area contributed by atoms with Gasteiger partial charge in [-0.15, -0.1) is 0 Å². The summed E-state index contributed by atoms with van der Waals surface area (Å²) in [6, 6.07) is 11.1. The van der Waals surface area contributed by atoms with Gasteiger partial charge in [-0.3, -0.25) is 4.90 Å². The number of carbonyl (C=O) groups is 1. The average molecular weight is 273 g/mol. The van der Waals surface area contributed by atoms with Crippen LogP contribution in [0, 0.1) is 0 Å². The Morgan fingerprint density at radius 2 is 2.05 bits per heavy atom. The van der Waals surface area contributed by atoms with E-state index in [-0.39, 0.29) is 6.04 Å². The molecule has 2 aromatic rings. The van der Waals surface area contributed by atoms with Gasteiger partial charge in [-0.05, 0) is 44.2 Å². The van der Waals surface area contributed by atoms with Crippen molar-refractivity contribution in [1.29, 1.82) is 0 Å². The van der Waals surface area contributed by atoms with Gasteiger partial charge in [-0.2, -0.15) is 0 Å². The lowest BCUT2D eigenvalue weighted by molar-refractivity contribution is 0.0695. The van der Waals surface area contributed by atoms with E-state index in [1.54, 1.807) is 18.4 Å². The van der Waals surface area contributed by atoms with Crippen molar-refractivity contribution in [2.24, 2.45) is 0 Å². The second-order valence-electron chi connectivity index (χ2n) is 4.88. The molecule has 0 aliphatic rings. The van der Waals surface area contributed by atoms with Gasteiger partial charge in [0, 0.05) is 6.54 Å². The van der Waals surface area contributed by atoms with Crippen molar-refractivity contribution in [3.63, 3.8) is 0 Å². The summed E-state index contributed by atoms with van der Waals surface area (Å²) in [7, 11) is 2.01. The van der Waals surface area contributed by atoms with Crippen LogP contribution in [0.25, 0.3) is 0 Å². The summed E-state index contributed by atoms with van der Waals surface area (Å²) in [4.78, 5) is 13.3. The van der Waals surface area contributed by atoms with Crippen LogP contribution < -0.4 is 0 Å². The van der Waals surface area contributed by atoms with Gasteiger partial charge in [-0.25, -0.2) is 4.79 Å². The second-order valence-corrected chi connectivity index (χ2v) is 4.88. The van der Waals surface area contributed by atoms with Crippen LogP contribution >= 0.6 is 0 Å². The Balaban J connectivity index is 2.00. The molecule has 0 saturated carbocycles. The Labute approximate surface area is 118 Å². The van der Waals surface area contributed by atoms with Crippen molar-refractivity contribution in [2.45, 2.75) is 19.4 Å². The highest BCUT2D eigenvalue weighted by Gasteiger charge is 2.15. The standard InChI is InChI=1S/C16H19NO3/c1-12(15-8-5-11-20-15)17(2)10-9-13-6-3-4-7-14(13)16(18)19/h3-8,11-12H,9-10H2,1-2H3,(H,18,19). The molecule has 0 aliphatic heterocycles. The first-order chi connectivity index (χ1) is 9.59. The molecule has 0 spiro atoms. The van der Waals surface area contributed by atoms with Gasteiger partial charge in [0.1, 0.15) is 5.76 Å². The number of aromatic carboxylic acids is 1. The molecule has 1 aromatic heterocycles. The van der Waals surface area contributed by atoms with Gasteiger partial charge in [-0.1, -0.05) is 18.2 Å². The lowest BCUT2D eigenvalue weighted by atomic mass is 10.0. The van der Waals surface area contributed by atoms with Crippen molar-refractivity contribution in [3.8, 4) is 0 Å². The van der Waals surface area contributed by atoms with Crippen LogP contribution in [0.3, 0.4) is 0 Å². The zero-order valence-corrected chi connectivity index (χ0v) is 11.7. The number of rotatable bonds is 6. The maximum absolute atomic E-state index is 11.2. The van der Waals surface area contributed by atoms with E-state index in [1.807, 2.05) is 31.3 Å². The number of hydrogen-bond donors (Lipinski definition) is 1. The maximum Gasteiger partial charge on any atom is 0.335 e. The predicted molar refractivity (Wildman–Crippen MR) is 76.9 cm³/mol. The van der Waals surface area contributed by atoms with Crippen LogP contribution in [-0.2, 0) is 6.42 Å². The van der Waals surface area contributed by atoms with Crippen molar-refractivity contribution < 1.29 is 14.3 Å². The van der Waals surface area contributed by atoms with E-state index < -0.39 is 5.97 Å². The molecule has 4 heteroatoms. The van der Waals surface area contributed by atoms with E-state index in [0.717, 1.165) is 17.9 Å². The zero-order chi connectivity index (χ0) is 14.5. The summed E-state index contributed by atoms with van der Waals surface area (Å²) < 4.78 is 5.39. The number of likely N-dealkylation sites (N-methyl/N-ethyl adjacent to an activating group) is 1. The van der Waals surface area contributed by atoms with E-state index in [2.05, 4.69) is 11.8 Å². The van der Waals surface area contributed by atoms with Gasteiger partial charge in [0.2, 0.25) is 0 Å². The minimum atomic E-state index is -0.873. The summed E-state index contributed by atoms with van der Waals surface area (Å²) in [5.41, 5.74) is 1.24. The van der Waals surface area contributed by atoms with Crippen molar-refractivity contribution in [1.82, 2.24) is 4.90 Å². The number of nitrogens with zero attached hydrogens (tertiary/aromatic N) is 1. The summed E-state index contributed by atoms with van der Waals surface area (Å²) >= 11 is 0. The topological polar surface area (TPSA) is 53.7 Å². The third-order valence-corrected chi connectivity index (χ3v) is 3.60. The Morgan fingerprint density at radius 3 is 2.70 bits per heavy atom. The Morgan fingerprint density at radius 1 is 1.30 bits per heavy atom. The number of benzene rings is 1. The first-order valence-electron chi connectivity index (χ1n) is 6.64. The van der Waals surface area contributed by atoms with Gasteiger partial charge in [0.05, 0.1) is 17.9 Å². The van der Waals surface area contributed by atoms with E-state index >= 15 is 0 Å². The number of carboxylic acids is 1. The van der Waals surface area contributed by atoms with Crippen LogP contribution in [0.15, 0.2) is 47.1 Å². The molecule has 0 saturated heterocycles. The largest absolute Gasteiger partial charge is 0.478 e. The molecule has 0 amide bonds. The molecule has 1 aromatic carbocycles. The molecule has 0 aliphatic carbocycles. The Hall–Kier alpha value is -2.07. The van der Waals surface area contributed by atoms with Crippen LogP contribution in [0.4, 0.5) is 0 Å². The van der Waals surface area contributed by atoms with Gasteiger partial charge < -0.3 is 9.52 Å². The van der Waals surface area contributed by atoms with Gasteiger partial charge in [0.25, 0.3) is 0 Å². The molecular weight excluding hydrogens is 254 g/mol. The van der Waals surface area contributed by atoms with Gasteiger partial charge in [0.15, 0.2) is 0 Å². The number of furan rings is 1. The smallest absolute Gasteiger partial charge is 0.335 e. The third kappa shape index (κ3) is 3.27. The van der Waals surface area contributed by atoms with Crippen LogP contribution in [0.5, 0.6) is 0 Å². The Kier molecular flexibility index (Phi) is 4.58. The van der Waals surface area contributed by atoms with Crippen LogP contribution in [0.1, 0.15) is 34.6 Å². The number of carboxylic acid groups (broad SMARTS) is 1. The predicted octanol–water partition coefficient (Wildman–Crippen LogP) is 3.21. The average Bonchev–Trinajstić information content (AvgIpc) is 2.98. The van der Waals surface area contributed by atoms with E-state index in [9.17, 15) is 4.79 Å². The monoisotopic (exact) mass is 273 g/mol. The van der Waals surface area contributed by atoms with Crippen molar-refractivity contribution in [3.05, 3.63) is 59.5 Å². The van der Waals surface area contributed by atoms with Crippen molar-refractivity contribution in [2.75, 3.05) is 13.6 Å². The lowest BCUT2D eigenvalue weighted by Gasteiger charge is -2.23. The fourth-order valence-electron chi connectivity index (χ4n) is 2.18. The fourth-order valence-corrected chi connectivity index (χ4v) is 2.18. The first-order valence-corrected chi connectivity index (χ1v) is 6.64. The highest BCUT2D eigenvalue weighted by atomic mass is 16.4. The van der Waals surface area contributed by atoms with E-state index in [1.165, 1.54) is 0 Å². The van der Waals surface area contributed by atoms with Crippen molar-refractivity contribution >= 4 is 5.97 Å². The van der Waals surface area contributed by atoms with Gasteiger partial charge >= 0.3 is 5.97 Å².